The second kappa shape index (κ2) is 5.52. The summed E-state index contributed by atoms with van der Waals surface area (Å²) in [7, 11) is -1.39. The number of urea groups is 1. The Hall–Kier alpha value is -0.820. The van der Waals surface area contributed by atoms with Crippen LogP contribution in [0.5, 0.6) is 0 Å². The summed E-state index contributed by atoms with van der Waals surface area (Å²) in [5, 5.41) is 2.90. The Morgan fingerprint density at radius 1 is 1.40 bits per heavy atom. The van der Waals surface area contributed by atoms with Crippen LogP contribution in [0.3, 0.4) is 0 Å². The standard InChI is InChI=1S/C13H25N3O3S/c1-4-10(9-14-20(3,18)19)15-12(17)16(2)11-7-13(8-11)5-6-13/h10-11,14H,4-9H2,1-3H3,(H,15,17). The minimum absolute atomic E-state index is 0.104. The maximum absolute atomic E-state index is 12.1. The first kappa shape index (κ1) is 15.6. The van der Waals surface area contributed by atoms with E-state index < -0.39 is 10.0 Å². The maximum Gasteiger partial charge on any atom is 0.317 e. The Bertz CT molecular complexity index is 465. The first-order valence-corrected chi connectivity index (χ1v) is 9.12. The summed E-state index contributed by atoms with van der Waals surface area (Å²) >= 11 is 0. The normalized spacial score (nSPS) is 22.1. The monoisotopic (exact) mass is 303 g/mol. The lowest BCUT2D eigenvalue weighted by atomic mass is 9.76. The average molecular weight is 303 g/mol. The highest BCUT2D eigenvalue weighted by Crippen LogP contribution is 2.61. The first-order valence-electron chi connectivity index (χ1n) is 7.23. The molecule has 0 aromatic rings. The maximum atomic E-state index is 12.1. The number of nitrogens with one attached hydrogen (secondary N) is 2. The second-order valence-electron chi connectivity index (χ2n) is 6.35. The Kier molecular flexibility index (Phi) is 4.30. The van der Waals surface area contributed by atoms with E-state index in [1.807, 2.05) is 14.0 Å². The Morgan fingerprint density at radius 3 is 2.45 bits per heavy atom. The van der Waals surface area contributed by atoms with E-state index in [0.29, 0.717) is 17.9 Å². The van der Waals surface area contributed by atoms with E-state index in [0.717, 1.165) is 19.1 Å². The van der Waals surface area contributed by atoms with E-state index in [2.05, 4.69) is 10.0 Å². The van der Waals surface area contributed by atoms with Gasteiger partial charge in [0.2, 0.25) is 10.0 Å². The molecule has 0 aromatic carbocycles. The predicted octanol–water partition coefficient (Wildman–Crippen LogP) is 0.898. The van der Waals surface area contributed by atoms with Gasteiger partial charge < -0.3 is 10.2 Å². The number of carbonyl (C=O) groups excluding carboxylic acids is 1. The summed E-state index contributed by atoms with van der Waals surface area (Å²) in [6.07, 6.45) is 6.68. The predicted molar refractivity (Wildman–Crippen MR) is 77.9 cm³/mol. The van der Waals surface area contributed by atoms with Gasteiger partial charge >= 0.3 is 6.03 Å². The molecule has 7 heteroatoms. The fraction of sp³-hybridized carbons (Fsp3) is 0.923. The van der Waals surface area contributed by atoms with Crippen LogP contribution in [0.25, 0.3) is 0 Å². The van der Waals surface area contributed by atoms with Gasteiger partial charge in [0.1, 0.15) is 0 Å². The van der Waals surface area contributed by atoms with E-state index >= 15 is 0 Å². The summed E-state index contributed by atoms with van der Waals surface area (Å²) in [4.78, 5) is 13.9. The van der Waals surface area contributed by atoms with Crippen molar-refractivity contribution in [2.24, 2.45) is 5.41 Å². The third kappa shape index (κ3) is 3.85. The van der Waals surface area contributed by atoms with Crippen LogP contribution in [0.4, 0.5) is 4.79 Å². The average Bonchev–Trinajstić information content (AvgIpc) is 3.10. The van der Waals surface area contributed by atoms with Crippen LogP contribution < -0.4 is 10.0 Å². The Labute approximate surface area is 121 Å². The zero-order valence-corrected chi connectivity index (χ0v) is 13.3. The van der Waals surface area contributed by atoms with Crippen LogP contribution in [-0.2, 0) is 10.0 Å². The molecule has 116 valence electrons. The quantitative estimate of drug-likeness (QED) is 0.765. The first-order chi connectivity index (χ1) is 9.25. The highest BCUT2D eigenvalue weighted by molar-refractivity contribution is 7.88. The Morgan fingerprint density at radius 2 is 2.00 bits per heavy atom. The molecule has 2 aliphatic carbocycles. The number of hydrogen-bond donors (Lipinski definition) is 2. The third-order valence-corrected chi connectivity index (χ3v) is 5.27. The molecule has 1 atom stereocenters. The van der Waals surface area contributed by atoms with Gasteiger partial charge in [0.05, 0.1) is 6.26 Å². The van der Waals surface area contributed by atoms with Crippen LogP contribution in [0, 0.1) is 5.41 Å². The fourth-order valence-corrected chi connectivity index (χ4v) is 3.29. The van der Waals surface area contributed by atoms with Crippen molar-refractivity contribution in [2.75, 3.05) is 19.8 Å². The van der Waals surface area contributed by atoms with Gasteiger partial charge in [-0.15, -0.1) is 0 Å². The molecule has 0 heterocycles. The van der Waals surface area contributed by atoms with Crippen molar-refractivity contribution in [1.29, 1.82) is 0 Å². The molecule has 0 radical (unpaired) electrons. The van der Waals surface area contributed by atoms with Crippen molar-refractivity contribution >= 4 is 16.1 Å². The van der Waals surface area contributed by atoms with Crippen LogP contribution >= 0.6 is 0 Å². The van der Waals surface area contributed by atoms with Crippen LogP contribution in [0.2, 0.25) is 0 Å². The summed E-state index contributed by atoms with van der Waals surface area (Å²) in [6.45, 7) is 2.17. The molecule has 6 nitrogen and oxygen atoms in total. The van der Waals surface area contributed by atoms with Gasteiger partial charge in [-0.1, -0.05) is 6.92 Å². The highest BCUT2D eigenvalue weighted by Gasteiger charge is 2.54. The van der Waals surface area contributed by atoms with Gasteiger partial charge in [-0.2, -0.15) is 0 Å². The highest BCUT2D eigenvalue weighted by atomic mass is 32.2. The molecule has 2 saturated carbocycles. The summed E-state index contributed by atoms with van der Waals surface area (Å²) in [5.41, 5.74) is 0.571. The van der Waals surface area contributed by atoms with Crippen molar-refractivity contribution in [2.45, 2.75) is 51.1 Å². The fourth-order valence-electron chi connectivity index (χ4n) is 2.79. The minimum Gasteiger partial charge on any atom is -0.334 e. The molecule has 1 unspecified atom stereocenters. The molecule has 2 rings (SSSR count). The van der Waals surface area contributed by atoms with E-state index in [1.165, 1.54) is 12.8 Å². The van der Waals surface area contributed by atoms with E-state index in [4.69, 9.17) is 0 Å². The lowest BCUT2D eigenvalue weighted by molar-refractivity contribution is 0.102. The molecule has 2 aliphatic rings. The molecule has 0 aromatic heterocycles. The third-order valence-electron chi connectivity index (χ3n) is 4.57. The van der Waals surface area contributed by atoms with Gasteiger partial charge in [-0.05, 0) is 37.5 Å². The molecule has 20 heavy (non-hydrogen) atoms. The number of rotatable bonds is 6. The molecular weight excluding hydrogens is 278 g/mol. The summed E-state index contributed by atoms with van der Waals surface area (Å²) < 4.78 is 24.6. The summed E-state index contributed by atoms with van der Waals surface area (Å²) in [5.74, 6) is 0. The van der Waals surface area contributed by atoms with Crippen LogP contribution in [0.15, 0.2) is 0 Å². The molecule has 0 bridgehead atoms. The molecule has 2 amide bonds. The van der Waals surface area contributed by atoms with Gasteiger partial charge in [-0.3, -0.25) is 0 Å². The zero-order chi connectivity index (χ0) is 15.0. The van der Waals surface area contributed by atoms with Crippen molar-refractivity contribution in [1.82, 2.24) is 14.9 Å². The van der Waals surface area contributed by atoms with E-state index in [9.17, 15) is 13.2 Å². The molecule has 0 saturated heterocycles. The number of hydrogen-bond acceptors (Lipinski definition) is 3. The molecule has 1 spiro atoms. The summed E-state index contributed by atoms with van der Waals surface area (Å²) in [6, 6.07) is 0.0696. The van der Waals surface area contributed by atoms with Crippen molar-refractivity contribution in [3.8, 4) is 0 Å². The van der Waals surface area contributed by atoms with Crippen molar-refractivity contribution in [3.63, 3.8) is 0 Å². The minimum atomic E-state index is -3.22. The number of carbonyl (C=O) groups is 1. The lowest BCUT2D eigenvalue weighted by Gasteiger charge is -2.42. The second-order valence-corrected chi connectivity index (χ2v) is 8.18. The lowest BCUT2D eigenvalue weighted by Crippen LogP contribution is -2.53. The molecule has 2 fully saturated rings. The van der Waals surface area contributed by atoms with Crippen molar-refractivity contribution < 1.29 is 13.2 Å². The number of amides is 2. The van der Waals surface area contributed by atoms with Gasteiger partial charge in [0.15, 0.2) is 0 Å². The SMILES string of the molecule is CCC(CNS(C)(=O)=O)NC(=O)N(C)C1CC2(CC2)C1. The molecular formula is C13H25N3O3S. The van der Waals surface area contributed by atoms with E-state index in [1.54, 1.807) is 4.90 Å². The number of nitrogens with zero attached hydrogens (tertiary/aromatic N) is 1. The molecule has 2 N–H and O–H groups in total. The van der Waals surface area contributed by atoms with Gasteiger partial charge in [-0.25, -0.2) is 17.9 Å². The largest absolute Gasteiger partial charge is 0.334 e. The number of sulfonamides is 1. The van der Waals surface area contributed by atoms with Crippen LogP contribution in [0.1, 0.15) is 39.0 Å². The molecule has 0 aliphatic heterocycles. The van der Waals surface area contributed by atoms with Gasteiger partial charge in [0.25, 0.3) is 0 Å². The topological polar surface area (TPSA) is 78.5 Å². The van der Waals surface area contributed by atoms with Crippen LogP contribution in [-0.4, -0.2) is 51.3 Å². The van der Waals surface area contributed by atoms with E-state index in [-0.39, 0.29) is 18.6 Å². The van der Waals surface area contributed by atoms with Gasteiger partial charge in [0, 0.05) is 25.7 Å². The smallest absolute Gasteiger partial charge is 0.317 e. The van der Waals surface area contributed by atoms with Crippen molar-refractivity contribution in [3.05, 3.63) is 0 Å². The Balaban J connectivity index is 1.76. The zero-order valence-electron chi connectivity index (χ0n) is 12.5.